The van der Waals surface area contributed by atoms with Gasteiger partial charge in [-0.25, -0.2) is 18.2 Å². The van der Waals surface area contributed by atoms with E-state index in [-0.39, 0.29) is 16.3 Å². The molecule has 1 aromatic heterocycles. The Labute approximate surface area is 226 Å². The highest BCUT2D eigenvalue weighted by atomic mass is 35.5. The molecule has 1 fully saturated rings. The zero-order valence-corrected chi connectivity index (χ0v) is 23.4. The Bertz CT molecular complexity index is 1350. The first-order chi connectivity index (χ1) is 17.4. The van der Waals surface area contributed by atoms with E-state index in [1.807, 2.05) is 18.2 Å². The molecule has 1 atom stereocenters. The molecule has 0 unspecified atom stereocenters. The lowest BCUT2D eigenvalue weighted by Gasteiger charge is -2.34. The molecule has 2 N–H and O–H groups in total. The van der Waals surface area contributed by atoms with E-state index in [1.165, 1.54) is 34.5 Å². The van der Waals surface area contributed by atoms with Crippen molar-refractivity contribution in [3.63, 3.8) is 0 Å². The second-order valence-corrected chi connectivity index (χ2v) is 13.4. The average molecular weight is 563 g/mol. The number of aromatic nitrogens is 1. The van der Waals surface area contributed by atoms with E-state index in [2.05, 4.69) is 34.3 Å². The number of carbonyl (C=O) groups is 1. The van der Waals surface area contributed by atoms with E-state index in [1.54, 1.807) is 25.3 Å². The number of carboxylic acid groups (broad SMARTS) is 1. The third-order valence-corrected chi connectivity index (χ3v) is 9.47. The van der Waals surface area contributed by atoms with Crippen LogP contribution in [-0.4, -0.2) is 59.4 Å². The van der Waals surface area contributed by atoms with Crippen LogP contribution >= 0.6 is 22.9 Å². The summed E-state index contributed by atoms with van der Waals surface area (Å²) in [6.07, 6.45) is -0.346. The minimum absolute atomic E-state index is 0.0435. The Balaban J connectivity index is 1.46. The van der Waals surface area contributed by atoms with Crippen LogP contribution in [-0.2, 0) is 16.4 Å². The van der Waals surface area contributed by atoms with Crippen molar-refractivity contribution in [3.8, 4) is 0 Å². The number of amides is 1. The molecule has 0 saturated carbocycles. The standard InChI is InChI=1S/C26H31ClN4O4S2/c1-25(2,31(24(32)33)23-15-36-18-28-23)17-37(34,35)20-9-10-22(21(27)13-20)29-26(3)11-12-30(16-26)14-19-7-5-4-6-8-19/h4-10,13,15,18,29H,11-12,14,16-17H2,1-3H3,(H,32,33)/t26-/m1/s1. The van der Waals surface area contributed by atoms with E-state index in [0.717, 1.165) is 31.0 Å². The number of hydrogen-bond acceptors (Lipinski definition) is 7. The number of nitrogens with one attached hydrogen (secondary N) is 1. The van der Waals surface area contributed by atoms with Gasteiger partial charge in [-0.05, 0) is 51.0 Å². The van der Waals surface area contributed by atoms with E-state index >= 15 is 0 Å². The number of nitrogens with zero attached hydrogens (tertiary/aromatic N) is 3. The Morgan fingerprint density at radius 2 is 2.00 bits per heavy atom. The number of halogens is 1. The van der Waals surface area contributed by atoms with Gasteiger partial charge in [0.25, 0.3) is 0 Å². The van der Waals surface area contributed by atoms with Gasteiger partial charge in [0.15, 0.2) is 9.84 Å². The normalized spacial score (nSPS) is 18.6. The lowest BCUT2D eigenvalue weighted by molar-refractivity contribution is 0.195. The van der Waals surface area contributed by atoms with Crippen LogP contribution in [0.25, 0.3) is 0 Å². The maximum atomic E-state index is 13.3. The monoisotopic (exact) mass is 562 g/mol. The minimum atomic E-state index is -3.86. The summed E-state index contributed by atoms with van der Waals surface area (Å²) < 4.78 is 26.6. The van der Waals surface area contributed by atoms with Gasteiger partial charge in [0.2, 0.25) is 0 Å². The SMILES string of the molecule is CC(C)(CS(=O)(=O)c1ccc(N[C@]2(C)CCN(Cc3ccccc3)C2)c(Cl)c1)N(C(=O)O)c1cscn1. The molecule has 4 rings (SSSR count). The van der Waals surface area contributed by atoms with Crippen LogP contribution in [0.15, 0.2) is 64.3 Å². The van der Waals surface area contributed by atoms with Crippen LogP contribution in [0.3, 0.4) is 0 Å². The van der Waals surface area contributed by atoms with E-state index in [4.69, 9.17) is 11.6 Å². The molecular formula is C26H31ClN4O4S2. The molecule has 0 spiro atoms. The van der Waals surface area contributed by atoms with Crippen LogP contribution in [0, 0.1) is 0 Å². The van der Waals surface area contributed by atoms with Gasteiger partial charge >= 0.3 is 6.09 Å². The van der Waals surface area contributed by atoms with Crippen LogP contribution in [0.5, 0.6) is 0 Å². The molecular weight excluding hydrogens is 532 g/mol. The summed E-state index contributed by atoms with van der Waals surface area (Å²) in [6, 6.07) is 15.0. The van der Waals surface area contributed by atoms with Crippen molar-refractivity contribution >= 4 is 50.4 Å². The van der Waals surface area contributed by atoms with E-state index in [9.17, 15) is 18.3 Å². The number of hydrogen-bond donors (Lipinski definition) is 2. The van der Waals surface area contributed by atoms with Crippen molar-refractivity contribution in [2.75, 3.05) is 29.1 Å². The summed E-state index contributed by atoms with van der Waals surface area (Å²) in [6.45, 7) is 7.91. The zero-order valence-electron chi connectivity index (χ0n) is 21.0. The van der Waals surface area contributed by atoms with Gasteiger partial charge in [-0.15, -0.1) is 11.3 Å². The first kappa shape index (κ1) is 27.4. The third kappa shape index (κ3) is 6.43. The summed E-state index contributed by atoms with van der Waals surface area (Å²) in [4.78, 5) is 19.4. The molecule has 2 aromatic carbocycles. The molecule has 1 amide bonds. The van der Waals surface area contributed by atoms with Gasteiger partial charge in [-0.1, -0.05) is 41.9 Å². The molecule has 11 heteroatoms. The molecule has 2 heterocycles. The lowest BCUT2D eigenvalue weighted by atomic mass is 10.0. The van der Waals surface area contributed by atoms with Crippen molar-refractivity contribution in [2.45, 2.75) is 49.7 Å². The number of rotatable bonds is 9. The molecule has 1 saturated heterocycles. The smallest absolute Gasteiger partial charge is 0.413 e. The minimum Gasteiger partial charge on any atom is -0.465 e. The molecule has 1 aliphatic heterocycles. The highest BCUT2D eigenvalue weighted by molar-refractivity contribution is 7.91. The number of benzene rings is 2. The predicted molar refractivity (Wildman–Crippen MR) is 149 cm³/mol. The molecule has 3 aromatic rings. The van der Waals surface area contributed by atoms with Crippen molar-refractivity contribution < 1.29 is 18.3 Å². The fourth-order valence-electron chi connectivity index (χ4n) is 4.85. The van der Waals surface area contributed by atoms with Crippen molar-refractivity contribution in [1.82, 2.24) is 9.88 Å². The Hall–Kier alpha value is -2.66. The van der Waals surface area contributed by atoms with E-state index < -0.39 is 27.2 Å². The maximum absolute atomic E-state index is 13.3. The fraction of sp³-hybridized carbons (Fsp3) is 0.385. The number of thiazole rings is 1. The quantitative estimate of drug-likeness (QED) is 0.349. The Morgan fingerprint density at radius 3 is 2.62 bits per heavy atom. The van der Waals surface area contributed by atoms with Gasteiger partial charge in [0.05, 0.1) is 32.4 Å². The van der Waals surface area contributed by atoms with Gasteiger partial charge < -0.3 is 10.4 Å². The molecule has 198 valence electrons. The van der Waals surface area contributed by atoms with E-state index in [0.29, 0.717) is 10.7 Å². The second-order valence-electron chi connectivity index (χ2n) is 10.3. The maximum Gasteiger partial charge on any atom is 0.413 e. The first-order valence-electron chi connectivity index (χ1n) is 11.9. The Kier molecular flexibility index (Phi) is 7.85. The van der Waals surface area contributed by atoms with Crippen molar-refractivity contribution in [3.05, 3.63) is 70.0 Å². The molecule has 0 radical (unpaired) electrons. The van der Waals surface area contributed by atoms with Crippen LogP contribution in [0.1, 0.15) is 32.8 Å². The predicted octanol–water partition coefficient (Wildman–Crippen LogP) is 5.61. The fourth-order valence-corrected chi connectivity index (χ4v) is 7.46. The van der Waals surface area contributed by atoms with Gasteiger partial charge in [0, 0.05) is 30.6 Å². The summed E-state index contributed by atoms with van der Waals surface area (Å²) in [5.41, 5.74) is 1.96. The largest absolute Gasteiger partial charge is 0.465 e. The summed E-state index contributed by atoms with van der Waals surface area (Å²) in [7, 11) is -3.86. The van der Waals surface area contributed by atoms with Gasteiger partial charge in [-0.3, -0.25) is 9.80 Å². The molecule has 1 aliphatic rings. The second kappa shape index (κ2) is 10.6. The topological polar surface area (TPSA) is 103 Å². The van der Waals surface area contributed by atoms with Crippen LogP contribution < -0.4 is 10.2 Å². The summed E-state index contributed by atoms with van der Waals surface area (Å²) >= 11 is 7.79. The van der Waals surface area contributed by atoms with Crippen LogP contribution in [0.4, 0.5) is 16.3 Å². The van der Waals surface area contributed by atoms with Gasteiger partial charge in [-0.2, -0.15) is 0 Å². The number of likely N-dealkylation sites (tertiary alicyclic amines) is 1. The lowest BCUT2D eigenvalue weighted by Crippen LogP contribution is -2.52. The summed E-state index contributed by atoms with van der Waals surface area (Å²) in [5, 5.41) is 15.1. The zero-order chi connectivity index (χ0) is 26.8. The van der Waals surface area contributed by atoms with Crippen LogP contribution in [0.2, 0.25) is 5.02 Å². The average Bonchev–Trinajstić information content (AvgIpc) is 3.45. The number of sulfone groups is 1. The molecule has 37 heavy (non-hydrogen) atoms. The molecule has 0 bridgehead atoms. The van der Waals surface area contributed by atoms with Crippen molar-refractivity contribution in [1.29, 1.82) is 0 Å². The third-order valence-electron chi connectivity index (χ3n) is 6.53. The summed E-state index contributed by atoms with van der Waals surface area (Å²) in [5.74, 6) is -0.236. The Morgan fingerprint density at radius 1 is 1.27 bits per heavy atom. The number of anilines is 2. The highest BCUT2D eigenvalue weighted by Gasteiger charge is 2.39. The van der Waals surface area contributed by atoms with Crippen molar-refractivity contribution in [2.24, 2.45) is 0 Å². The highest BCUT2D eigenvalue weighted by Crippen LogP contribution is 2.34. The first-order valence-corrected chi connectivity index (χ1v) is 14.8. The molecule has 8 nitrogen and oxygen atoms in total. The molecule has 0 aliphatic carbocycles. The van der Waals surface area contributed by atoms with Gasteiger partial charge in [0.1, 0.15) is 5.82 Å².